The van der Waals surface area contributed by atoms with Crippen LogP contribution >= 0.6 is 11.6 Å². The Bertz CT molecular complexity index is 718. The fourth-order valence-corrected chi connectivity index (χ4v) is 4.78. The van der Waals surface area contributed by atoms with Crippen LogP contribution < -0.4 is 0 Å². The molecule has 6 nitrogen and oxygen atoms in total. The number of hydrogen-bond acceptors (Lipinski definition) is 4. The van der Waals surface area contributed by atoms with Crippen molar-refractivity contribution in [2.45, 2.75) is 30.2 Å². The summed E-state index contributed by atoms with van der Waals surface area (Å²) in [5, 5.41) is 6.83. The zero-order valence-corrected chi connectivity index (χ0v) is 12.8. The normalized spacial score (nSPS) is 20.5. The number of piperidine rings is 1. The fraction of sp³-hybridized carbons (Fsp3) is 0.385. The third-order valence-electron chi connectivity index (χ3n) is 3.63. The van der Waals surface area contributed by atoms with Crippen molar-refractivity contribution < 1.29 is 8.42 Å². The van der Waals surface area contributed by atoms with Gasteiger partial charge < -0.3 is 0 Å². The van der Waals surface area contributed by atoms with E-state index in [2.05, 4.69) is 15.2 Å². The lowest BCUT2D eigenvalue weighted by molar-refractivity contribution is 0.247. The van der Waals surface area contributed by atoms with Gasteiger partial charge in [-0.1, -0.05) is 30.2 Å². The molecule has 1 atom stereocenters. The van der Waals surface area contributed by atoms with E-state index in [1.165, 1.54) is 16.7 Å². The minimum Gasteiger partial charge on any atom is -0.262 e. The average molecular weight is 327 g/mol. The summed E-state index contributed by atoms with van der Waals surface area (Å²) in [6, 6.07) is 6.19. The number of aromatic nitrogens is 3. The van der Waals surface area contributed by atoms with Crippen molar-refractivity contribution in [3.8, 4) is 0 Å². The summed E-state index contributed by atoms with van der Waals surface area (Å²) < 4.78 is 27.3. The molecule has 8 heteroatoms. The molecular formula is C13H15ClN4O2S. The van der Waals surface area contributed by atoms with Crippen LogP contribution in [0.5, 0.6) is 0 Å². The molecule has 21 heavy (non-hydrogen) atoms. The Morgan fingerprint density at radius 2 is 2.10 bits per heavy atom. The maximum Gasteiger partial charge on any atom is 0.245 e. The number of nitrogens with one attached hydrogen (secondary N) is 1. The number of benzene rings is 1. The molecule has 0 saturated carbocycles. The van der Waals surface area contributed by atoms with E-state index in [1.54, 1.807) is 18.2 Å². The predicted octanol–water partition coefficient (Wildman–Crippen LogP) is 2.37. The molecule has 2 aromatic rings. The van der Waals surface area contributed by atoms with E-state index in [0.29, 0.717) is 12.4 Å². The van der Waals surface area contributed by atoms with E-state index in [-0.39, 0.29) is 16.0 Å². The van der Waals surface area contributed by atoms with Gasteiger partial charge in [0.25, 0.3) is 0 Å². The molecule has 1 N–H and O–H groups in total. The minimum absolute atomic E-state index is 0.137. The van der Waals surface area contributed by atoms with Crippen LogP contribution in [0.3, 0.4) is 0 Å². The van der Waals surface area contributed by atoms with Gasteiger partial charge in [-0.05, 0) is 25.0 Å². The maximum absolute atomic E-state index is 12.9. The third-order valence-corrected chi connectivity index (χ3v) is 6.03. The minimum atomic E-state index is -3.65. The van der Waals surface area contributed by atoms with Gasteiger partial charge in [0.1, 0.15) is 17.0 Å². The van der Waals surface area contributed by atoms with Gasteiger partial charge in [-0.3, -0.25) is 5.10 Å². The Hall–Kier alpha value is -1.44. The lowest BCUT2D eigenvalue weighted by atomic mass is 10.0. The summed E-state index contributed by atoms with van der Waals surface area (Å²) in [6.45, 7) is 0.457. The Kier molecular flexibility index (Phi) is 3.97. The number of nitrogens with zero attached hydrogens (tertiary/aromatic N) is 3. The highest BCUT2D eigenvalue weighted by Gasteiger charge is 2.36. The second kappa shape index (κ2) is 5.75. The summed E-state index contributed by atoms with van der Waals surface area (Å²) in [7, 11) is -3.65. The van der Waals surface area contributed by atoms with Crippen LogP contribution in [0.1, 0.15) is 31.1 Å². The van der Waals surface area contributed by atoms with E-state index in [0.717, 1.165) is 19.3 Å². The second-order valence-corrected chi connectivity index (χ2v) is 7.19. The molecule has 0 unspecified atom stereocenters. The van der Waals surface area contributed by atoms with E-state index in [9.17, 15) is 8.42 Å². The number of hydrogen-bond donors (Lipinski definition) is 1. The van der Waals surface area contributed by atoms with Crippen LogP contribution in [0.15, 0.2) is 35.5 Å². The molecule has 1 fully saturated rings. The fourth-order valence-electron chi connectivity index (χ4n) is 2.62. The molecule has 1 aliphatic heterocycles. The Labute approximate surface area is 128 Å². The van der Waals surface area contributed by atoms with Gasteiger partial charge in [-0.15, -0.1) is 0 Å². The van der Waals surface area contributed by atoms with E-state index >= 15 is 0 Å². The van der Waals surface area contributed by atoms with Crippen molar-refractivity contribution in [2.75, 3.05) is 6.54 Å². The molecule has 0 amide bonds. The molecule has 3 rings (SSSR count). The Morgan fingerprint density at radius 1 is 1.29 bits per heavy atom. The number of sulfonamides is 1. The SMILES string of the molecule is O=S(=O)(c1ccccc1Cl)N1CCCC[C@@H]1c1ncn[nH]1. The molecule has 0 aliphatic carbocycles. The number of aromatic amines is 1. The van der Waals surface area contributed by atoms with Crippen LogP contribution in [0.4, 0.5) is 0 Å². The highest BCUT2D eigenvalue weighted by Crippen LogP contribution is 2.35. The first-order chi connectivity index (χ1) is 10.1. The molecule has 1 aromatic heterocycles. The first-order valence-corrected chi connectivity index (χ1v) is 8.54. The highest BCUT2D eigenvalue weighted by atomic mass is 35.5. The quantitative estimate of drug-likeness (QED) is 0.939. The van der Waals surface area contributed by atoms with E-state index in [1.807, 2.05) is 0 Å². The summed E-state index contributed by atoms with van der Waals surface area (Å²) in [4.78, 5) is 4.25. The third kappa shape index (κ3) is 2.68. The van der Waals surface area contributed by atoms with Gasteiger partial charge in [-0.25, -0.2) is 13.4 Å². The average Bonchev–Trinajstić information content (AvgIpc) is 3.01. The van der Waals surface area contributed by atoms with Crippen LogP contribution in [0, 0.1) is 0 Å². The smallest absolute Gasteiger partial charge is 0.245 e. The van der Waals surface area contributed by atoms with Crippen molar-refractivity contribution in [1.82, 2.24) is 19.5 Å². The molecule has 1 aromatic carbocycles. The van der Waals surface area contributed by atoms with Gasteiger partial charge in [0.15, 0.2) is 0 Å². The predicted molar refractivity (Wildman–Crippen MR) is 78.3 cm³/mol. The van der Waals surface area contributed by atoms with Crippen molar-refractivity contribution in [3.05, 3.63) is 41.4 Å². The van der Waals surface area contributed by atoms with E-state index in [4.69, 9.17) is 11.6 Å². The molecule has 112 valence electrons. The topological polar surface area (TPSA) is 79.0 Å². The first kappa shape index (κ1) is 14.5. The zero-order chi connectivity index (χ0) is 14.9. The summed E-state index contributed by atoms with van der Waals surface area (Å²) in [5.41, 5.74) is 0. The van der Waals surface area contributed by atoms with Crippen LogP contribution in [-0.2, 0) is 10.0 Å². The van der Waals surface area contributed by atoms with Crippen LogP contribution in [0.25, 0.3) is 0 Å². The first-order valence-electron chi connectivity index (χ1n) is 6.72. The molecule has 0 spiro atoms. The monoisotopic (exact) mass is 326 g/mol. The molecule has 1 saturated heterocycles. The molecule has 1 aliphatic rings. The Balaban J connectivity index is 2.02. The van der Waals surface area contributed by atoms with Gasteiger partial charge in [-0.2, -0.15) is 9.40 Å². The van der Waals surface area contributed by atoms with Gasteiger partial charge >= 0.3 is 0 Å². The van der Waals surface area contributed by atoms with Crippen LogP contribution in [-0.4, -0.2) is 34.4 Å². The van der Waals surface area contributed by atoms with Gasteiger partial charge in [0.2, 0.25) is 10.0 Å². The van der Waals surface area contributed by atoms with Crippen molar-refractivity contribution in [2.24, 2.45) is 0 Å². The molecule has 0 bridgehead atoms. The Morgan fingerprint density at radius 3 is 2.81 bits per heavy atom. The van der Waals surface area contributed by atoms with Crippen LogP contribution in [0.2, 0.25) is 5.02 Å². The highest BCUT2D eigenvalue weighted by molar-refractivity contribution is 7.89. The standard InChI is InChI=1S/C13H15ClN4O2S/c14-10-5-1-2-7-12(10)21(19,20)18-8-4-3-6-11(18)13-15-9-16-17-13/h1-2,5,7,9,11H,3-4,6,8H2,(H,15,16,17)/t11-/m1/s1. The second-order valence-electron chi connectivity index (χ2n) is 4.93. The van der Waals surface area contributed by atoms with Crippen molar-refractivity contribution in [1.29, 1.82) is 0 Å². The number of halogens is 1. The van der Waals surface area contributed by atoms with Crippen molar-refractivity contribution >= 4 is 21.6 Å². The largest absolute Gasteiger partial charge is 0.262 e. The maximum atomic E-state index is 12.9. The van der Waals surface area contributed by atoms with E-state index < -0.39 is 10.0 Å². The lowest BCUT2D eigenvalue weighted by Gasteiger charge is -2.33. The summed E-state index contributed by atoms with van der Waals surface area (Å²) in [5.74, 6) is 0.574. The summed E-state index contributed by atoms with van der Waals surface area (Å²) in [6.07, 6.45) is 3.90. The molecule has 0 radical (unpaired) electrons. The summed E-state index contributed by atoms with van der Waals surface area (Å²) >= 11 is 6.06. The molecular weight excluding hydrogens is 312 g/mol. The number of rotatable bonds is 3. The van der Waals surface area contributed by atoms with Crippen molar-refractivity contribution in [3.63, 3.8) is 0 Å². The molecule has 2 heterocycles. The number of H-pyrrole nitrogens is 1. The van der Waals surface area contributed by atoms with Gasteiger partial charge in [0, 0.05) is 6.54 Å². The lowest BCUT2D eigenvalue weighted by Crippen LogP contribution is -2.39. The zero-order valence-electron chi connectivity index (χ0n) is 11.2. The van der Waals surface area contributed by atoms with Gasteiger partial charge in [0.05, 0.1) is 11.1 Å².